The van der Waals surface area contributed by atoms with Crippen molar-refractivity contribution in [2.75, 3.05) is 20.2 Å². The molecular formula is C25H30BrCl2N4O3+. The molecule has 1 heterocycles. The average molecular weight is 585 g/mol. The first-order valence-electron chi connectivity index (χ1n) is 11.4. The van der Waals surface area contributed by atoms with E-state index in [0.717, 1.165) is 48.2 Å². The molecule has 10 heteroatoms. The van der Waals surface area contributed by atoms with Crippen LogP contribution in [0.3, 0.4) is 0 Å². The molecule has 0 unspecified atom stereocenters. The fraction of sp³-hybridized carbons (Fsp3) is 0.360. The molecule has 1 amide bonds. The number of unbranched alkanes of at least 4 members (excludes halogenated alkanes) is 2. The number of benzene rings is 2. The summed E-state index contributed by atoms with van der Waals surface area (Å²) >= 11 is 16.0. The van der Waals surface area contributed by atoms with Gasteiger partial charge in [-0.2, -0.15) is 0 Å². The highest BCUT2D eigenvalue weighted by Crippen LogP contribution is 2.36. The maximum Gasteiger partial charge on any atom is 0.282 e. The Labute approximate surface area is 223 Å². The van der Waals surface area contributed by atoms with Gasteiger partial charge in [0, 0.05) is 37.7 Å². The van der Waals surface area contributed by atoms with Crippen molar-refractivity contribution >= 4 is 68.2 Å². The number of phenolic OH excluding ortho intramolecular Hbond substituents is 1. The molecule has 0 aliphatic carbocycles. The molecule has 35 heavy (non-hydrogen) atoms. The summed E-state index contributed by atoms with van der Waals surface area (Å²) in [5.41, 5.74) is 8.23. The van der Waals surface area contributed by atoms with E-state index in [1.807, 2.05) is 37.4 Å². The second kappa shape index (κ2) is 12.6. The standard InChI is InChI=1S/C25H29BrCl2N4O3/c1-31-20-14-18(27)19(28)15-21(20)32(11-5-3-4-6-23(33)30-10-9-29)24(31)8-7-16-12-17(26)25(34)22(13-16)35-2/h7-8,12-15H,3-6,9-11,29H2,1-2H3,(H,30,33)/p+1. The van der Waals surface area contributed by atoms with Gasteiger partial charge in [-0.3, -0.25) is 4.79 Å². The highest BCUT2D eigenvalue weighted by atomic mass is 79.9. The molecule has 0 spiro atoms. The van der Waals surface area contributed by atoms with E-state index in [0.29, 0.717) is 39.8 Å². The molecule has 0 aliphatic rings. The first-order valence-corrected chi connectivity index (χ1v) is 12.9. The Bertz CT molecular complexity index is 1240. The zero-order chi connectivity index (χ0) is 25.5. The molecule has 2 aromatic carbocycles. The summed E-state index contributed by atoms with van der Waals surface area (Å²) in [5, 5.41) is 13.9. The smallest absolute Gasteiger partial charge is 0.282 e. The Morgan fingerprint density at radius 2 is 1.94 bits per heavy atom. The molecular weight excluding hydrogens is 555 g/mol. The summed E-state index contributed by atoms with van der Waals surface area (Å²) in [4.78, 5) is 11.8. The second-order valence-electron chi connectivity index (χ2n) is 8.16. The van der Waals surface area contributed by atoms with Gasteiger partial charge in [-0.05, 0) is 59.0 Å². The summed E-state index contributed by atoms with van der Waals surface area (Å²) in [7, 11) is 3.50. The summed E-state index contributed by atoms with van der Waals surface area (Å²) in [6.45, 7) is 1.70. The third-order valence-electron chi connectivity index (χ3n) is 5.74. The highest BCUT2D eigenvalue weighted by molar-refractivity contribution is 9.10. The number of rotatable bonds is 11. The normalized spacial score (nSPS) is 11.5. The minimum absolute atomic E-state index is 0.0359. The van der Waals surface area contributed by atoms with Gasteiger partial charge in [0.1, 0.15) is 0 Å². The van der Waals surface area contributed by atoms with Crippen molar-refractivity contribution in [1.29, 1.82) is 0 Å². The number of carbonyl (C=O) groups is 1. The maximum atomic E-state index is 11.8. The minimum Gasteiger partial charge on any atom is -0.503 e. The Kier molecular flexibility index (Phi) is 9.86. The average Bonchev–Trinajstić information content (AvgIpc) is 3.08. The summed E-state index contributed by atoms with van der Waals surface area (Å²) in [6, 6.07) is 7.35. The molecule has 188 valence electrons. The SMILES string of the molecule is COc1cc(/C=C/c2n(CCCCCC(=O)NCCN)c3cc(Cl)c(Cl)cc3[n+]2C)cc(Br)c1O. The van der Waals surface area contributed by atoms with Gasteiger partial charge in [0.15, 0.2) is 22.5 Å². The number of amides is 1. The third kappa shape index (κ3) is 6.70. The van der Waals surface area contributed by atoms with Crippen LogP contribution >= 0.6 is 39.1 Å². The predicted molar refractivity (Wildman–Crippen MR) is 145 cm³/mol. The summed E-state index contributed by atoms with van der Waals surface area (Å²) < 4.78 is 10.1. The van der Waals surface area contributed by atoms with Crippen LogP contribution in [0.1, 0.15) is 37.1 Å². The van der Waals surface area contributed by atoms with E-state index < -0.39 is 0 Å². The number of ether oxygens (including phenoxy) is 1. The van der Waals surface area contributed by atoms with Gasteiger partial charge >= 0.3 is 0 Å². The molecule has 0 saturated carbocycles. The number of hydrogen-bond acceptors (Lipinski definition) is 4. The molecule has 7 nitrogen and oxygen atoms in total. The van der Waals surface area contributed by atoms with Crippen molar-refractivity contribution in [3.05, 3.63) is 50.2 Å². The lowest BCUT2D eigenvalue weighted by Gasteiger charge is -2.06. The van der Waals surface area contributed by atoms with E-state index in [2.05, 4.69) is 30.4 Å². The van der Waals surface area contributed by atoms with Crippen LogP contribution in [-0.2, 0) is 18.4 Å². The lowest BCUT2D eigenvalue weighted by Crippen LogP contribution is -2.31. The van der Waals surface area contributed by atoms with Gasteiger partial charge in [-0.1, -0.05) is 23.2 Å². The van der Waals surface area contributed by atoms with Crippen molar-refractivity contribution in [3.63, 3.8) is 0 Å². The number of nitrogens with two attached hydrogens (primary N) is 1. The van der Waals surface area contributed by atoms with Crippen LogP contribution in [0.5, 0.6) is 11.5 Å². The molecule has 0 radical (unpaired) electrons. The van der Waals surface area contributed by atoms with Crippen molar-refractivity contribution < 1.29 is 19.2 Å². The minimum atomic E-state index is 0.0359. The fourth-order valence-electron chi connectivity index (χ4n) is 3.92. The van der Waals surface area contributed by atoms with Crippen LogP contribution in [0, 0.1) is 0 Å². The molecule has 4 N–H and O–H groups in total. The molecule has 0 atom stereocenters. The number of aryl methyl sites for hydroxylation is 2. The molecule has 3 aromatic rings. The largest absolute Gasteiger partial charge is 0.503 e. The van der Waals surface area contributed by atoms with E-state index in [1.165, 1.54) is 7.11 Å². The van der Waals surface area contributed by atoms with E-state index in [1.54, 1.807) is 6.07 Å². The van der Waals surface area contributed by atoms with Crippen LogP contribution in [-0.4, -0.2) is 35.8 Å². The topological polar surface area (TPSA) is 93.4 Å². The van der Waals surface area contributed by atoms with Crippen molar-refractivity contribution in [3.8, 4) is 11.5 Å². The number of aromatic nitrogens is 2. The monoisotopic (exact) mass is 583 g/mol. The van der Waals surface area contributed by atoms with E-state index in [9.17, 15) is 9.90 Å². The maximum absolute atomic E-state index is 11.8. The molecule has 0 aliphatic heterocycles. The Balaban J connectivity index is 1.86. The number of halogens is 3. The number of nitrogens with zero attached hydrogens (tertiary/aromatic N) is 2. The summed E-state index contributed by atoms with van der Waals surface area (Å²) in [6.07, 6.45) is 7.08. The number of imidazole rings is 1. The van der Waals surface area contributed by atoms with Crippen molar-refractivity contribution in [1.82, 2.24) is 9.88 Å². The van der Waals surface area contributed by atoms with Crippen molar-refractivity contribution in [2.24, 2.45) is 12.8 Å². The first kappa shape index (κ1) is 27.3. The van der Waals surface area contributed by atoms with E-state index in [4.69, 9.17) is 33.7 Å². The van der Waals surface area contributed by atoms with Crippen molar-refractivity contribution in [2.45, 2.75) is 32.2 Å². The fourth-order valence-corrected chi connectivity index (χ4v) is 4.70. The Hall–Kier alpha value is -2.26. The van der Waals surface area contributed by atoms with Crippen LogP contribution in [0.4, 0.5) is 0 Å². The van der Waals surface area contributed by atoms with Gasteiger partial charge in [0.05, 0.1) is 35.2 Å². The zero-order valence-corrected chi connectivity index (χ0v) is 22.9. The number of fused-ring (bicyclic) bond motifs is 1. The van der Waals surface area contributed by atoms with E-state index >= 15 is 0 Å². The van der Waals surface area contributed by atoms with Gasteiger partial charge in [-0.25, -0.2) is 9.13 Å². The first-order chi connectivity index (χ1) is 16.8. The number of nitrogens with one attached hydrogen (secondary N) is 1. The van der Waals surface area contributed by atoms with Crippen LogP contribution < -0.4 is 20.4 Å². The predicted octanol–water partition coefficient (Wildman–Crippen LogP) is 5.06. The second-order valence-corrected chi connectivity index (χ2v) is 9.83. The number of methoxy groups -OCH3 is 1. The molecule has 0 bridgehead atoms. The van der Waals surface area contributed by atoms with Gasteiger partial charge < -0.3 is 20.9 Å². The molecule has 3 rings (SSSR count). The third-order valence-corrected chi connectivity index (χ3v) is 7.06. The van der Waals surface area contributed by atoms with Crippen LogP contribution in [0.25, 0.3) is 23.2 Å². The van der Waals surface area contributed by atoms with E-state index in [-0.39, 0.29) is 11.7 Å². The zero-order valence-electron chi connectivity index (χ0n) is 19.8. The van der Waals surface area contributed by atoms with Crippen LogP contribution in [0.2, 0.25) is 10.0 Å². The van der Waals surface area contributed by atoms with Gasteiger partial charge in [-0.15, -0.1) is 0 Å². The quantitative estimate of drug-likeness (QED) is 0.217. The lowest BCUT2D eigenvalue weighted by molar-refractivity contribution is -0.647. The Morgan fingerprint density at radius 1 is 1.20 bits per heavy atom. The van der Waals surface area contributed by atoms with Crippen LogP contribution in [0.15, 0.2) is 28.7 Å². The lowest BCUT2D eigenvalue weighted by atomic mass is 10.1. The Morgan fingerprint density at radius 3 is 2.66 bits per heavy atom. The number of aromatic hydroxyl groups is 1. The van der Waals surface area contributed by atoms with Gasteiger partial charge in [0.25, 0.3) is 5.82 Å². The molecule has 0 saturated heterocycles. The number of hydrogen-bond donors (Lipinski definition) is 3. The summed E-state index contributed by atoms with van der Waals surface area (Å²) in [5.74, 6) is 1.44. The van der Waals surface area contributed by atoms with Gasteiger partial charge in [0.2, 0.25) is 5.91 Å². The molecule has 1 aromatic heterocycles. The molecule has 0 fully saturated rings. The number of phenols is 1. The highest BCUT2D eigenvalue weighted by Gasteiger charge is 2.22. The number of carbonyl (C=O) groups excluding carboxylic acids is 1.